The van der Waals surface area contributed by atoms with Gasteiger partial charge in [-0.1, -0.05) is 25.3 Å². The van der Waals surface area contributed by atoms with Crippen molar-refractivity contribution in [2.45, 2.75) is 65.0 Å². The van der Waals surface area contributed by atoms with Crippen molar-refractivity contribution in [1.29, 1.82) is 0 Å². The molecule has 0 saturated heterocycles. The number of carbonyl (C=O) groups excluding carboxylic acids is 1. The molecular formula is C19H32NO5P. The van der Waals surface area contributed by atoms with E-state index < -0.39 is 19.2 Å². The zero-order valence-corrected chi connectivity index (χ0v) is 17.1. The van der Waals surface area contributed by atoms with Gasteiger partial charge in [0.15, 0.2) is 5.66 Å². The van der Waals surface area contributed by atoms with Crippen LogP contribution in [0, 0.1) is 0 Å². The second-order valence-corrected chi connectivity index (χ2v) is 8.18. The number of nitrogens with zero attached hydrogens (tertiary/aromatic N) is 1. The molecule has 7 heteroatoms. The van der Waals surface area contributed by atoms with Crippen molar-refractivity contribution in [3.8, 4) is 0 Å². The average molecular weight is 385 g/mol. The molecule has 1 aromatic heterocycles. The zero-order chi connectivity index (χ0) is 19.3. The highest BCUT2D eigenvalue weighted by atomic mass is 31.2. The van der Waals surface area contributed by atoms with Crippen molar-refractivity contribution < 1.29 is 23.1 Å². The Morgan fingerprint density at radius 1 is 1.08 bits per heavy atom. The van der Waals surface area contributed by atoms with E-state index in [0.29, 0.717) is 6.42 Å². The van der Waals surface area contributed by atoms with Gasteiger partial charge in [-0.3, -0.25) is 14.3 Å². The average Bonchev–Trinajstić information content (AvgIpc) is 2.62. The van der Waals surface area contributed by atoms with Gasteiger partial charge in [0.05, 0.1) is 19.8 Å². The van der Waals surface area contributed by atoms with Crippen molar-refractivity contribution in [3.05, 3.63) is 30.1 Å². The molecule has 1 atom stereocenters. The Hall–Kier alpha value is -1.23. The van der Waals surface area contributed by atoms with Crippen LogP contribution in [0.1, 0.15) is 58.4 Å². The van der Waals surface area contributed by atoms with Crippen LogP contribution in [-0.4, -0.2) is 36.4 Å². The first kappa shape index (κ1) is 22.8. The summed E-state index contributed by atoms with van der Waals surface area (Å²) in [5, 5.41) is 0. The van der Waals surface area contributed by atoms with Crippen LogP contribution in [0.5, 0.6) is 0 Å². The SMILES string of the molecule is CCOC(=O)C(CCCCCCc1cccnc1)P(=O)(OCC)OCC. The molecule has 0 aliphatic rings. The molecule has 0 radical (unpaired) electrons. The zero-order valence-electron chi connectivity index (χ0n) is 16.2. The Morgan fingerprint density at radius 3 is 2.35 bits per heavy atom. The number of rotatable bonds is 14. The Bertz CT molecular complexity index is 542. The quantitative estimate of drug-likeness (QED) is 0.261. The normalized spacial score (nSPS) is 12.7. The monoisotopic (exact) mass is 385 g/mol. The van der Waals surface area contributed by atoms with Crippen LogP contribution < -0.4 is 0 Å². The van der Waals surface area contributed by atoms with Crippen molar-refractivity contribution in [1.82, 2.24) is 4.98 Å². The number of carbonyl (C=O) groups is 1. The lowest BCUT2D eigenvalue weighted by Crippen LogP contribution is -2.26. The van der Waals surface area contributed by atoms with Gasteiger partial charge in [0, 0.05) is 12.4 Å². The summed E-state index contributed by atoms with van der Waals surface area (Å²) >= 11 is 0. The lowest BCUT2D eigenvalue weighted by Gasteiger charge is -2.24. The maximum Gasteiger partial charge on any atom is 0.344 e. The summed E-state index contributed by atoms with van der Waals surface area (Å²) in [6, 6.07) is 4.02. The topological polar surface area (TPSA) is 74.7 Å². The lowest BCUT2D eigenvalue weighted by atomic mass is 10.1. The number of aryl methyl sites for hydroxylation is 1. The summed E-state index contributed by atoms with van der Waals surface area (Å²) in [7, 11) is -3.50. The maximum absolute atomic E-state index is 13.0. The molecule has 0 saturated carbocycles. The summed E-state index contributed by atoms with van der Waals surface area (Å²) in [5.74, 6) is -0.493. The Balaban J connectivity index is 2.49. The standard InChI is InChI=1S/C19H32NO5P/c1-4-23-19(21)18(26(22,24-5-2)25-6-3)14-10-8-7-9-12-17-13-11-15-20-16-17/h11,13,15-16,18H,4-10,12,14H2,1-3H3. The minimum Gasteiger partial charge on any atom is -0.465 e. The molecule has 1 heterocycles. The number of hydrogen-bond donors (Lipinski definition) is 0. The summed E-state index contributed by atoms with van der Waals surface area (Å²) in [6.45, 7) is 5.94. The summed E-state index contributed by atoms with van der Waals surface area (Å²) < 4.78 is 28.8. The van der Waals surface area contributed by atoms with Crippen LogP contribution in [0.4, 0.5) is 0 Å². The van der Waals surface area contributed by atoms with Crippen LogP contribution in [0.15, 0.2) is 24.5 Å². The third-order valence-electron chi connectivity index (χ3n) is 3.97. The third kappa shape index (κ3) is 7.98. The van der Waals surface area contributed by atoms with Gasteiger partial charge < -0.3 is 13.8 Å². The largest absolute Gasteiger partial charge is 0.465 e. The van der Waals surface area contributed by atoms with E-state index in [1.54, 1.807) is 27.0 Å². The summed E-state index contributed by atoms with van der Waals surface area (Å²) in [6.07, 6.45) is 8.93. The fourth-order valence-electron chi connectivity index (χ4n) is 2.79. The molecule has 0 aliphatic heterocycles. The highest BCUT2D eigenvalue weighted by Crippen LogP contribution is 2.55. The molecule has 1 unspecified atom stereocenters. The fraction of sp³-hybridized carbons (Fsp3) is 0.684. The predicted octanol–water partition coefficient (Wildman–Crippen LogP) is 4.77. The Labute approximate surface area is 157 Å². The minimum absolute atomic E-state index is 0.234. The molecule has 1 rings (SSSR count). The van der Waals surface area contributed by atoms with Gasteiger partial charge in [-0.2, -0.15) is 0 Å². The molecule has 0 aromatic carbocycles. The molecular weight excluding hydrogens is 353 g/mol. The van der Waals surface area contributed by atoms with Gasteiger partial charge in [0.1, 0.15) is 0 Å². The van der Waals surface area contributed by atoms with Crippen LogP contribution >= 0.6 is 7.60 Å². The van der Waals surface area contributed by atoms with Crippen molar-refractivity contribution in [2.75, 3.05) is 19.8 Å². The van der Waals surface area contributed by atoms with E-state index in [0.717, 1.165) is 32.1 Å². The summed E-state index contributed by atoms with van der Waals surface area (Å²) in [4.78, 5) is 16.4. The number of ether oxygens (including phenoxy) is 1. The number of hydrogen-bond acceptors (Lipinski definition) is 6. The van der Waals surface area contributed by atoms with E-state index in [-0.39, 0.29) is 19.8 Å². The smallest absolute Gasteiger partial charge is 0.344 e. The third-order valence-corrected chi connectivity index (χ3v) is 6.44. The van der Waals surface area contributed by atoms with E-state index in [1.165, 1.54) is 5.56 Å². The van der Waals surface area contributed by atoms with Gasteiger partial charge in [0.25, 0.3) is 0 Å². The molecule has 1 aromatic rings. The van der Waals surface area contributed by atoms with Crippen LogP contribution in [0.3, 0.4) is 0 Å². The molecule has 148 valence electrons. The number of esters is 1. The van der Waals surface area contributed by atoms with E-state index >= 15 is 0 Å². The van der Waals surface area contributed by atoms with E-state index in [1.807, 2.05) is 12.3 Å². The van der Waals surface area contributed by atoms with Gasteiger partial charge in [0.2, 0.25) is 0 Å². The minimum atomic E-state index is -3.50. The molecule has 0 amide bonds. The van der Waals surface area contributed by atoms with Crippen molar-refractivity contribution in [2.24, 2.45) is 0 Å². The highest BCUT2D eigenvalue weighted by molar-refractivity contribution is 7.55. The Morgan fingerprint density at radius 2 is 1.77 bits per heavy atom. The molecule has 26 heavy (non-hydrogen) atoms. The molecule has 0 aliphatic carbocycles. The van der Waals surface area contributed by atoms with Crippen LogP contribution in [0.25, 0.3) is 0 Å². The Kier molecular flexibility index (Phi) is 11.4. The van der Waals surface area contributed by atoms with Gasteiger partial charge in [-0.25, -0.2) is 0 Å². The summed E-state index contributed by atoms with van der Waals surface area (Å²) in [5.41, 5.74) is 0.384. The first-order chi connectivity index (χ1) is 12.6. The fourth-order valence-corrected chi connectivity index (χ4v) is 4.77. The predicted molar refractivity (Wildman–Crippen MR) is 102 cm³/mol. The van der Waals surface area contributed by atoms with Crippen molar-refractivity contribution >= 4 is 13.6 Å². The number of aromatic nitrogens is 1. The number of unbranched alkanes of at least 4 members (excludes halogenated alkanes) is 3. The lowest BCUT2D eigenvalue weighted by molar-refractivity contribution is -0.143. The molecule has 6 nitrogen and oxygen atoms in total. The maximum atomic E-state index is 13.0. The highest BCUT2D eigenvalue weighted by Gasteiger charge is 2.41. The van der Waals surface area contributed by atoms with Gasteiger partial charge in [-0.15, -0.1) is 0 Å². The molecule has 0 spiro atoms. The van der Waals surface area contributed by atoms with Gasteiger partial charge >= 0.3 is 13.6 Å². The van der Waals surface area contributed by atoms with Crippen LogP contribution in [0.2, 0.25) is 0 Å². The second kappa shape index (κ2) is 13.0. The molecule has 0 fully saturated rings. The first-order valence-electron chi connectivity index (χ1n) is 9.51. The van der Waals surface area contributed by atoms with Crippen molar-refractivity contribution in [3.63, 3.8) is 0 Å². The van der Waals surface area contributed by atoms with Gasteiger partial charge in [-0.05, 0) is 51.7 Å². The second-order valence-electron chi connectivity index (χ2n) is 5.96. The molecule has 0 N–H and O–H groups in total. The van der Waals surface area contributed by atoms with E-state index in [2.05, 4.69) is 11.1 Å². The first-order valence-corrected chi connectivity index (χ1v) is 11.1. The number of pyridine rings is 1. The molecule has 0 bridgehead atoms. The van der Waals surface area contributed by atoms with E-state index in [4.69, 9.17) is 13.8 Å². The van der Waals surface area contributed by atoms with Crippen LogP contribution in [-0.2, 0) is 29.6 Å². The van der Waals surface area contributed by atoms with E-state index in [9.17, 15) is 9.36 Å².